The van der Waals surface area contributed by atoms with Crippen molar-refractivity contribution in [3.05, 3.63) is 35.4 Å². The molecule has 1 saturated heterocycles. The highest BCUT2D eigenvalue weighted by atomic mass is 16.2. The zero-order valence-electron chi connectivity index (χ0n) is 11.0. The molecule has 2 nitrogen and oxygen atoms in total. The predicted octanol–water partition coefficient (Wildman–Crippen LogP) is 2.40. The van der Waals surface area contributed by atoms with E-state index in [1.165, 1.54) is 31.4 Å². The Labute approximate surface area is 110 Å². The number of aliphatic hydroxyl groups excluding tert-OH is 1. The quantitative estimate of drug-likeness (QED) is 0.806. The van der Waals surface area contributed by atoms with E-state index in [-0.39, 0.29) is 6.61 Å². The number of rotatable bonds is 2. The Morgan fingerprint density at radius 2 is 2.28 bits per heavy atom. The van der Waals surface area contributed by atoms with Gasteiger partial charge in [-0.1, -0.05) is 30.4 Å². The van der Waals surface area contributed by atoms with Gasteiger partial charge in [0, 0.05) is 18.2 Å². The molecule has 0 aliphatic carbocycles. The molecule has 0 radical (unpaired) electrons. The molecule has 1 aromatic carbocycles. The molecule has 2 heteroatoms. The minimum Gasteiger partial charge on any atom is -0.384 e. The maximum atomic E-state index is 8.71. The predicted molar refractivity (Wildman–Crippen MR) is 74.1 cm³/mol. The van der Waals surface area contributed by atoms with Crippen molar-refractivity contribution < 1.29 is 5.11 Å². The molecule has 1 aliphatic heterocycles. The number of piperidine rings is 1. The molecule has 0 bridgehead atoms. The largest absolute Gasteiger partial charge is 0.384 e. The second kappa shape index (κ2) is 6.58. The van der Waals surface area contributed by atoms with Crippen molar-refractivity contribution in [3.8, 4) is 11.8 Å². The summed E-state index contributed by atoms with van der Waals surface area (Å²) >= 11 is 0. The van der Waals surface area contributed by atoms with Gasteiger partial charge in [-0.25, -0.2) is 0 Å². The van der Waals surface area contributed by atoms with E-state index in [1.54, 1.807) is 0 Å². The number of hydrogen-bond donors (Lipinski definition) is 1. The lowest BCUT2D eigenvalue weighted by Crippen LogP contribution is -2.36. The Hall–Kier alpha value is -1.30. The van der Waals surface area contributed by atoms with Crippen molar-refractivity contribution in [2.24, 2.45) is 0 Å². The van der Waals surface area contributed by atoms with E-state index in [0.29, 0.717) is 6.04 Å². The van der Waals surface area contributed by atoms with Crippen LogP contribution in [0.25, 0.3) is 0 Å². The van der Waals surface area contributed by atoms with Gasteiger partial charge < -0.3 is 5.11 Å². The Balaban J connectivity index is 2.04. The van der Waals surface area contributed by atoms with Crippen LogP contribution in [0.4, 0.5) is 0 Å². The van der Waals surface area contributed by atoms with Gasteiger partial charge in [-0.2, -0.15) is 0 Å². The Kier molecular flexibility index (Phi) is 4.81. The van der Waals surface area contributed by atoms with Gasteiger partial charge in [0.05, 0.1) is 0 Å². The fourth-order valence-corrected chi connectivity index (χ4v) is 2.52. The van der Waals surface area contributed by atoms with Crippen molar-refractivity contribution in [3.63, 3.8) is 0 Å². The molecule has 18 heavy (non-hydrogen) atoms. The molecule has 1 aromatic rings. The molecule has 1 fully saturated rings. The summed E-state index contributed by atoms with van der Waals surface area (Å²) in [6.45, 7) is 4.45. The van der Waals surface area contributed by atoms with E-state index < -0.39 is 0 Å². The summed E-state index contributed by atoms with van der Waals surface area (Å²) < 4.78 is 0. The Morgan fingerprint density at radius 3 is 3.06 bits per heavy atom. The number of aliphatic hydroxyl groups is 1. The first-order valence-electron chi connectivity index (χ1n) is 6.72. The maximum Gasteiger partial charge on any atom is 0.104 e. The van der Waals surface area contributed by atoms with Crippen LogP contribution in [0.2, 0.25) is 0 Å². The highest BCUT2D eigenvalue weighted by Crippen LogP contribution is 2.19. The smallest absolute Gasteiger partial charge is 0.104 e. The van der Waals surface area contributed by atoms with Crippen molar-refractivity contribution in [2.45, 2.75) is 38.8 Å². The lowest BCUT2D eigenvalue weighted by atomic mass is 10.0. The average molecular weight is 243 g/mol. The lowest BCUT2D eigenvalue weighted by molar-refractivity contribution is 0.152. The van der Waals surface area contributed by atoms with E-state index >= 15 is 0 Å². The minimum atomic E-state index is -0.0760. The second-order valence-corrected chi connectivity index (χ2v) is 4.98. The molecule has 1 N–H and O–H groups in total. The van der Waals surface area contributed by atoms with E-state index in [0.717, 1.165) is 12.1 Å². The SMILES string of the molecule is CC1CCCCN1Cc1cccc(C#CCO)c1. The van der Waals surface area contributed by atoms with Crippen molar-refractivity contribution in [1.82, 2.24) is 4.90 Å². The first-order chi connectivity index (χ1) is 8.79. The van der Waals surface area contributed by atoms with Crippen LogP contribution in [0.15, 0.2) is 24.3 Å². The average Bonchev–Trinajstić information content (AvgIpc) is 2.40. The summed E-state index contributed by atoms with van der Waals surface area (Å²) in [5, 5.41) is 8.71. The minimum absolute atomic E-state index is 0.0760. The van der Waals surface area contributed by atoms with Gasteiger partial charge >= 0.3 is 0 Å². The van der Waals surface area contributed by atoms with Gasteiger partial charge in [-0.15, -0.1) is 0 Å². The highest BCUT2D eigenvalue weighted by molar-refractivity contribution is 5.37. The molecule has 0 aromatic heterocycles. The molecule has 0 spiro atoms. The highest BCUT2D eigenvalue weighted by Gasteiger charge is 2.17. The molecule has 96 valence electrons. The first kappa shape index (κ1) is 13.1. The number of likely N-dealkylation sites (tertiary alicyclic amines) is 1. The van der Waals surface area contributed by atoms with Crippen LogP contribution in [0.3, 0.4) is 0 Å². The zero-order valence-corrected chi connectivity index (χ0v) is 11.0. The lowest BCUT2D eigenvalue weighted by Gasteiger charge is -2.33. The molecular formula is C16H21NO. The third kappa shape index (κ3) is 3.60. The van der Waals surface area contributed by atoms with Crippen molar-refractivity contribution in [1.29, 1.82) is 0 Å². The molecule has 0 saturated carbocycles. The van der Waals surface area contributed by atoms with Crippen LogP contribution in [0.5, 0.6) is 0 Å². The van der Waals surface area contributed by atoms with Gasteiger partial charge in [0.15, 0.2) is 0 Å². The van der Waals surface area contributed by atoms with Gasteiger partial charge in [0.25, 0.3) is 0 Å². The van der Waals surface area contributed by atoms with Gasteiger partial charge in [-0.3, -0.25) is 4.90 Å². The van der Waals surface area contributed by atoms with Crippen LogP contribution in [0.1, 0.15) is 37.3 Å². The normalized spacial score (nSPS) is 20.2. The summed E-state index contributed by atoms with van der Waals surface area (Å²) in [5.74, 6) is 5.66. The van der Waals surface area contributed by atoms with E-state index in [4.69, 9.17) is 5.11 Å². The number of nitrogens with zero attached hydrogens (tertiary/aromatic N) is 1. The summed E-state index contributed by atoms with van der Waals surface area (Å²) in [4.78, 5) is 2.54. The fourth-order valence-electron chi connectivity index (χ4n) is 2.52. The Bertz CT molecular complexity index is 444. The summed E-state index contributed by atoms with van der Waals surface area (Å²) in [6.07, 6.45) is 3.98. The van der Waals surface area contributed by atoms with Gasteiger partial charge in [-0.05, 0) is 44.0 Å². The number of hydrogen-bond acceptors (Lipinski definition) is 2. The van der Waals surface area contributed by atoms with Gasteiger partial charge in [0.1, 0.15) is 6.61 Å². The summed E-state index contributed by atoms with van der Waals surface area (Å²) in [5.41, 5.74) is 2.31. The van der Waals surface area contributed by atoms with Gasteiger partial charge in [0.2, 0.25) is 0 Å². The van der Waals surface area contributed by atoms with Crippen molar-refractivity contribution >= 4 is 0 Å². The molecule has 1 heterocycles. The molecular weight excluding hydrogens is 222 g/mol. The molecule has 1 aliphatic rings. The monoisotopic (exact) mass is 243 g/mol. The fraction of sp³-hybridized carbons (Fsp3) is 0.500. The van der Waals surface area contributed by atoms with Crippen molar-refractivity contribution in [2.75, 3.05) is 13.2 Å². The topological polar surface area (TPSA) is 23.5 Å². The van der Waals surface area contributed by atoms with E-state index in [2.05, 4.69) is 35.8 Å². The number of benzene rings is 1. The van der Waals surface area contributed by atoms with E-state index in [1.807, 2.05) is 12.1 Å². The van der Waals surface area contributed by atoms with Crippen LogP contribution in [-0.2, 0) is 6.54 Å². The second-order valence-electron chi connectivity index (χ2n) is 4.98. The first-order valence-corrected chi connectivity index (χ1v) is 6.72. The third-order valence-corrected chi connectivity index (χ3v) is 3.57. The Morgan fingerprint density at radius 1 is 1.39 bits per heavy atom. The third-order valence-electron chi connectivity index (χ3n) is 3.57. The summed E-state index contributed by atoms with van der Waals surface area (Å²) in [6, 6.07) is 9.01. The molecule has 1 atom stereocenters. The van der Waals surface area contributed by atoms with E-state index in [9.17, 15) is 0 Å². The zero-order chi connectivity index (χ0) is 12.8. The standard InChI is InChI=1S/C16H21NO/c1-14-6-2-3-10-17(14)13-16-8-4-7-15(12-16)9-5-11-18/h4,7-8,12,14,18H,2-3,6,10-11,13H2,1H3. The molecule has 2 rings (SSSR count). The van der Waals surface area contributed by atoms with Crippen LogP contribution < -0.4 is 0 Å². The summed E-state index contributed by atoms with van der Waals surface area (Å²) in [7, 11) is 0. The molecule has 0 amide bonds. The molecule has 1 unspecified atom stereocenters. The van der Waals surface area contributed by atoms with Crippen LogP contribution in [-0.4, -0.2) is 29.2 Å². The van der Waals surface area contributed by atoms with Crippen LogP contribution >= 0.6 is 0 Å². The van der Waals surface area contributed by atoms with Crippen LogP contribution in [0, 0.1) is 11.8 Å². The maximum absolute atomic E-state index is 8.71.